The minimum absolute atomic E-state index is 0.0787. The van der Waals surface area contributed by atoms with Crippen LogP contribution in [0.15, 0.2) is 12.7 Å². The van der Waals surface area contributed by atoms with Crippen molar-refractivity contribution < 1.29 is 4.79 Å². The van der Waals surface area contributed by atoms with Gasteiger partial charge in [-0.25, -0.2) is 0 Å². The maximum Gasteiger partial charge on any atom is 0.207 e. The third-order valence-electron chi connectivity index (χ3n) is 0.650. The fourth-order valence-electron chi connectivity index (χ4n) is 0.304. The van der Waals surface area contributed by atoms with E-state index in [1.807, 2.05) is 0 Å². The number of amides is 1. The van der Waals surface area contributed by atoms with Crippen LogP contribution in [-0.4, -0.2) is 11.8 Å². The highest BCUT2D eigenvalue weighted by Crippen LogP contribution is 1.94. The number of hydrogen-bond acceptors (Lipinski definition) is 2. The average Bonchev–Trinajstić information content (AvgIpc) is 1.68. The van der Waals surface area contributed by atoms with E-state index in [4.69, 9.17) is 0 Å². The molecule has 0 aromatic heterocycles. The molecule has 0 saturated carbocycles. The zero-order chi connectivity index (χ0) is 6.41. The molecule has 0 aliphatic rings. The van der Waals surface area contributed by atoms with Crippen molar-refractivity contribution in [1.29, 1.82) is 0 Å². The first kappa shape index (κ1) is 7.56. The van der Waals surface area contributed by atoms with Crippen LogP contribution in [0.3, 0.4) is 0 Å². The largest absolute Gasteiger partial charge is 0.347 e. The van der Waals surface area contributed by atoms with E-state index in [0.717, 1.165) is 0 Å². The van der Waals surface area contributed by atoms with Crippen LogP contribution in [0, 0.1) is 0 Å². The quantitative estimate of drug-likeness (QED) is 0.248. The summed E-state index contributed by atoms with van der Waals surface area (Å²) in [5.74, 6) is 0. The lowest BCUT2D eigenvalue weighted by atomic mass is 10.4. The second-order valence-corrected chi connectivity index (χ2v) is 1.95. The minimum Gasteiger partial charge on any atom is -0.347 e. The second kappa shape index (κ2) is 4.71. The minimum atomic E-state index is -0.0787. The van der Waals surface area contributed by atoms with E-state index in [1.165, 1.54) is 0 Å². The number of carbonyl (C=O) groups excluding carboxylic acids is 1. The first-order valence-corrected chi connectivity index (χ1v) is 2.81. The summed E-state index contributed by atoms with van der Waals surface area (Å²) in [6.07, 6.45) is 3.02. The molecule has 0 aliphatic heterocycles. The second-order valence-electron chi connectivity index (χ2n) is 1.32. The molecule has 1 atom stereocenters. The van der Waals surface area contributed by atoms with Crippen molar-refractivity contribution in [3.63, 3.8) is 0 Å². The van der Waals surface area contributed by atoms with Gasteiger partial charge in [-0.05, 0) is 6.42 Å². The van der Waals surface area contributed by atoms with Gasteiger partial charge in [0, 0.05) is 0 Å². The molecular formula is C5H9NOS. The summed E-state index contributed by atoms with van der Waals surface area (Å²) in [6, 6.07) is 0. The summed E-state index contributed by atoms with van der Waals surface area (Å²) in [5, 5.41) is 2.38. The Hall–Kier alpha value is -0.440. The topological polar surface area (TPSA) is 29.1 Å². The lowest BCUT2D eigenvalue weighted by molar-refractivity contribution is -0.109. The van der Waals surface area contributed by atoms with Crippen molar-refractivity contribution in [2.24, 2.45) is 0 Å². The fourth-order valence-corrected chi connectivity index (χ4v) is 0.514. The van der Waals surface area contributed by atoms with E-state index in [2.05, 4.69) is 24.5 Å². The number of rotatable bonds is 4. The number of nitrogens with one attached hydrogen (secondary N) is 1. The third kappa shape index (κ3) is 3.74. The van der Waals surface area contributed by atoms with E-state index in [0.29, 0.717) is 12.8 Å². The molecular weight excluding hydrogens is 122 g/mol. The SMILES string of the molecule is C=CCC(S)NC=O. The first-order chi connectivity index (χ1) is 3.81. The Morgan fingerprint density at radius 2 is 2.50 bits per heavy atom. The van der Waals surface area contributed by atoms with Crippen molar-refractivity contribution in [3.05, 3.63) is 12.7 Å². The Kier molecular flexibility index (Phi) is 4.45. The van der Waals surface area contributed by atoms with Gasteiger partial charge in [-0.2, -0.15) is 12.6 Å². The van der Waals surface area contributed by atoms with Crippen LogP contribution in [0.5, 0.6) is 0 Å². The van der Waals surface area contributed by atoms with Gasteiger partial charge < -0.3 is 5.32 Å². The Morgan fingerprint density at radius 1 is 1.88 bits per heavy atom. The van der Waals surface area contributed by atoms with Crippen molar-refractivity contribution in [3.8, 4) is 0 Å². The first-order valence-electron chi connectivity index (χ1n) is 2.30. The van der Waals surface area contributed by atoms with Gasteiger partial charge >= 0.3 is 0 Å². The summed E-state index contributed by atoms with van der Waals surface area (Å²) in [4.78, 5) is 9.70. The molecule has 8 heavy (non-hydrogen) atoms. The molecule has 2 nitrogen and oxygen atoms in total. The molecule has 0 fully saturated rings. The standard InChI is InChI=1S/C5H9NOS/c1-2-3-5(8)6-4-7/h2,4-5,8H,1,3H2,(H,6,7). The highest BCUT2D eigenvalue weighted by Gasteiger charge is 1.92. The zero-order valence-electron chi connectivity index (χ0n) is 4.50. The van der Waals surface area contributed by atoms with E-state index < -0.39 is 0 Å². The third-order valence-corrected chi connectivity index (χ3v) is 1.01. The number of thiol groups is 1. The fraction of sp³-hybridized carbons (Fsp3) is 0.400. The molecule has 0 saturated heterocycles. The molecule has 0 heterocycles. The monoisotopic (exact) mass is 131 g/mol. The average molecular weight is 131 g/mol. The van der Waals surface area contributed by atoms with Gasteiger partial charge in [0.2, 0.25) is 6.41 Å². The molecule has 0 aliphatic carbocycles. The maximum atomic E-state index is 9.70. The van der Waals surface area contributed by atoms with E-state index in [-0.39, 0.29) is 5.37 Å². The van der Waals surface area contributed by atoms with Crippen LogP contribution in [0.25, 0.3) is 0 Å². The Morgan fingerprint density at radius 3 is 2.88 bits per heavy atom. The Balaban J connectivity index is 3.16. The highest BCUT2D eigenvalue weighted by molar-refractivity contribution is 7.80. The summed E-state index contributed by atoms with van der Waals surface area (Å²) >= 11 is 3.98. The molecule has 0 aromatic carbocycles. The van der Waals surface area contributed by atoms with Gasteiger partial charge in [-0.3, -0.25) is 4.79 Å². The van der Waals surface area contributed by atoms with E-state index >= 15 is 0 Å². The van der Waals surface area contributed by atoms with Crippen molar-refractivity contribution >= 4 is 19.0 Å². The molecule has 0 bridgehead atoms. The number of carbonyl (C=O) groups is 1. The molecule has 0 aromatic rings. The molecule has 0 spiro atoms. The smallest absolute Gasteiger partial charge is 0.207 e. The maximum absolute atomic E-state index is 9.70. The Labute approximate surface area is 54.4 Å². The molecule has 46 valence electrons. The Bertz CT molecular complexity index is 74.5. The van der Waals surface area contributed by atoms with Crippen LogP contribution in [-0.2, 0) is 4.79 Å². The van der Waals surface area contributed by atoms with Crippen LogP contribution in [0.1, 0.15) is 6.42 Å². The van der Waals surface area contributed by atoms with Crippen LogP contribution in [0.4, 0.5) is 0 Å². The van der Waals surface area contributed by atoms with Gasteiger partial charge in [0.1, 0.15) is 0 Å². The summed E-state index contributed by atoms with van der Waals surface area (Å²) in [5.41, 5.74) is 0. The van der Waals surface area contributed by atoms with Gasteiger partial charge in [0.05, 0.1) is 5.37 Å². The molecule has 3 heteroatoms. The highest BCUT2D eigenvalue weighted by atomic mass is 32.1. The van der Waals surface area contributed by atoms with Gasteiger partial charge in [-0.15, -0.1) is 6.58 Å². The predicted molar refractivity (Wildman–Crippen MR) is 36.8 cm³/mol. The molecule has 0 rings (SSSR count). The number of hydrogen-bond donors (Lipinski definition) is 2. The lowest BCUT2D eigenvalue weighted by Gasteiger charge is -2.02. The normalized spacial score (nSPS) is 12.1. The van der Waals surface area contributed by atoms with Gasteiger partial charge in [0.15, 0.2) is 0 Å². The van der Waals surface area contributed by atoms with Crippen LogP contribution in [0.2, 0.25) is 0 Å². The van der Waals surface area contributed by atoms with E-state index in [1.54, 1.807) is 6.08 Å². The van der Waals surface area contributed by atoms with Crippen LogP contribution >= 0.6 is 12.6 Å². The predicted octanol–water partition coefficient (Wildman–Crippen LogP) is 0.564. The van der Waals surface area contributed by atoms with Crippen molar-refractivity contribution in [2.75, 3.05) is 0 Å². The van der Waals surface area contributed by atoms with Crippen molar-refractivity contribution in [2.45, 2.75) is 11.8 Å². The molecule has 1 amide bonds. The van der Waals surface area contributed by atoms with Crippen molar-refractivity contribution in [1.82, 2.24) is 5.32 Å². The zero-order valence-corrected chi connectivity index (χ0v) is 5.40. The molecule has 0 radical (unpaired) electrons. The van der Waals surface area contributed by atoms with E-state index in [9.17, 15) is 4.79 Å². The van der Waals surface area contributed by atoms with Gasteiger partial charge in [-0.1, -0.05) is 6.08 Å². The molecule has 1 N–H and O–H groups in total. The van der Waals surface area contributed by atoms with Crippen LogP contribution < -0.4 is 5.32 Å². The summed E-state index contributed by atoms with van der Waals surface area (Å²) in [6.45, 7) is 3.48. The lowest BCUT2D eigenvalue weighted by Crippen LogP contribution is -2.20. The molecule has 1 unspecified atom stereocenters. The summed E-state index contributed by atoms with van der Waals surface area (Å²) < 4.78 is 0. The summed E-state index contributed by atoms with van der Waals surface area (Å²) in [7, 11) is 0. The van der Waals surface area contributed by atoms with Gasteiger partial charge in [0.25, 0.3) is 0 Å².